The van der Waals surface area contributed by atoms with Crippen molar-refractivity contribution in [2.75, 3.05) is 18.1 Å². The first-order valence-corrected chi connectivity index (χ1v) is 12.0. The van der Waals surface area contributed by atoms with Gasteiger partial charge in [0.2, 0.25) is 5.91 Å². The Bertz CT molecular complexity index is 1260. The number of nitrogens with zero attached hydrogens (tertiary/aromatic N) is 1. The number of unbranched alkanes of at least 4 members (excludes halogenated alkanes) is 1. The van der Waals surface area contributed by atoms with Gasteiger partial charge in [0, 0.05) is 0 Å². The average molecular weight is 489 g/mol. The highest BCUT2D eigenvalue weighted by atomic mass is 19.1. The Labute approximate surface area is 210 Å². The zero-order valence-electron chi connectivity index (χ0n) is 20.4. The van der Waals surface area contributed by atoms with Crippen molar-refractivity contribution in [3.63, 3.8) is 0 Å². The molecule has 0 saturated carbocycles. The lowest BCUT2D eigenvalue weighted by molar-refractivity contribution is -0.123. The fourth-order valence-electron chi connectivity index (χ4n) is 3.87. The van der Waals surface area contributed by atoms with Gasteiger partial charge in [-0.2, -0.15) is 0 Å². The molecule has 7 heteroatoms. The minimum atomic E-state index is -0.477. The van der Waals surface area contributed by atoms with Crippen molar-refractivity contribution in [1.29, 1.82) is 0 Å². The predicted molar refractivity (Wildman–Crippen MR) is 137 cm³/mol. The second kappa shape index (κ2) is 11.5. The molecule has 4 rings (SSSR count). The normalized spacial score (nSPS) is 14.7. The predicted octanol–water partition coefficient (Wildman–Crippen LogP) is 5.65. The summed E-state index contributed by atoms with van der Waals surface area (Å²) in [4.78, 5) is 27.6. The van der Waals surface area contributed by atoms with Gasteiger partial charge in [-0.25, -0.2) is 4.39 Å². The number of hydrogen-bond acceptors (Lipinski definition) is 4. The van der Waals surface area contributed by atoms with Crippen LogP contribution in [0.15, 0.2) is 78.6 Å². The Morgan fingerprint density at radius 3 is 2.64 bits per heavy atom. The molecule has 1 aliphatic rings. The lowest BCUT2D eigenvalue weighted by Crippen LogP contribution is -2.44. The average Bonchev–Trinajstić information content (AvgIpc) is 2.87. The Balaban J connectivity index is 1.47. The van der Waals surface area contributed by atoms with Gasteiger partial charge in [0.1, 0.15) is 18.1 Å². The Morgan fingerprint density at radius 1 is 1.11 bits per heavy atom. The molecule has 0 radical (unpaired) electrons. The monoisotopic (exact) mass is 488 g/mol. The highest BCUT2D eigenvalue weighted by Gasteiger charge is 2.31. The summed E-state index contributed by atoms with van der Waals surface area (Å²) >= 11 is 0. The van der Waals surface area contributed by atoms with Crippen LogP contribution in [0, 0.1) is 5.82 Å². The van der Waals surface area contributed by atoms with Crippen molar-refractivity contribution in [2.45, 2.75) is 32.7 Å². The summed E-state index contributed by atoms with van der Waals surface area (Å²) in [5.74, 6) is 0.0333. The van der Waals surface area contributed by atoms with E-state index in [-0.39, 0.29) is 24.3 Å². The summed E-state index contributed by atoms with van der Waals surface area (Å²) in [6.45, 7) is 4.48. The largest absolute Gasteiger partial charge is 0.494 e. The van der Waals surface area contributed by atoms with E-state index in [0.29, 0.717) is 23.6 Å². The van der Waals surface area contributed by atoms with E-state index in [1.54, 1.807) is 36.4 Å². The van der Waals surface area contributed by atoms with Gasteiger partial charge in [0.15, 0.2) is 11.5 Å². The number of para-hydroxylation sites is 2. The molecule has 1 unspecified atom stereocenters. The third kappa shape index (κ3) is 6.10. The number of amides is 2. The molecule has 3 aromatic rings. The first-order chi connectivity index (χ1) is 17.4. The van der Waals surface area contributed by atoms with E-state index in [0.717, 1.165) is 24.2 Å². The van der Waals surface area contributed by atoms with Crippen LogP contribution < -0.4 is 19.7 Å². The van der Waals surface area contributed by atoms with Gasteiger partial charge in [-0.1, -0.05) is 49.7 Å². The second-order valence-corrected chi connectivity index (χ2v) is 8.58. The van der Waals surface area contributed by atoms with Gasteiger partial charge in [0.25, 0.3) is 5.91 Å². The summed E-state index contributed by atoms with van der Waals surface area (Å²) in [6.07, 6.45) is 3.54. The van der Waals surface area contributed by atoms with Crippen molar-refractivity contribution in [2.24, 2.45) is 0 Å². The van der Waals surface area contributed by atoms with Crippen LogP contribution in [0.1, 0.15) is 43.9 Å². The van der Waals surface area contributed by atoms with Gasteiger partial charge in [-0.3, -0.25) is 14.5 Å². The highest BCUT2D eigenvalue weighted by molar-refractivity contribution is 6.12. The maximum atomic E-state index is 13.6. The molecule has 0 bridgehead atoms. The van der Waals surface area contributed by atoms with Crippen LogP contribution in [-0.2, 0) is 9.59 Å². The Kier molecular flexibility index (Phi) is 8.00. The van der Waals surface area contributed by atoms with E-state index in [2.05, 4.69) is 12.2 Å². The number of nitrogens with one attached hydrogen (secondary N) is 1. The summed E-state index contributed by atoms with van der Waals surface area (Å²) in [7, 11) is 0. The summed E-state index contributed by atoms with van der Waals surface area (Å²) in [6, 6.07) is 20.2. The molecule has 6 nitrogen and oxygen atoms in total. The summed E-state index contributed by atoms with van der Waals surface area (Å²) in [5, 5.41) is 2.96. The number of benzene rings is 3. The molecule has 0 aromatic heterocycles. The van der Waals surface area contributed by atoms with Crippen molar-refractivity contribution in [3.05, 3.63) is 95.5 Å². The third-order valence-corrected chi connectivity index (χ3v) is 5.80. The number of fused-ring (bicyclic) bond motifs is 1. The first kappa shape index (κ1) is 25.0. The fraction of sp³-hybridized carbons (Fsp3) is 0.241. The number of anilines is 1. The van der Waals surface area contributed by atoms with Crippen LogP contribution in [0.3, 0.4) is 0 Å². The summed E-state index contributed by atoms with van der Waals surface area (Å²) < 4.78 is 25.1. The molecular formula is C29H29FN2O4. The van der Waals surface area contributed by atoms with Gasteiger partial charge in [-0.05, 0) is 66.9 Å². The van der Waals surface area contributed by atoms with Gasteiger partial charge < -0.3 is 14.8 Å². The van der Waals surface area contributed by atoms with Crippen molar-refractivity contribution >= 4 is 23.6 Å². The summed E-state index contributed by atoms with van der Waals surface area (Å²) in [5.41, 5.74) is 1.90. The van der Waals surface area contributed by atoms with Crippen molar-refractivity contribution in [3.8, 4) is 11.5 Å². The van der Waals surface area contributed by atoms with Crippen LogP contribution in [0.5, 0.6) is 11.5 Å². The van der Waals surface area contributed by atoms with Crippen LogP contribution in [0.4, 0.5) is 10.1 Å². The number of hydrogen-bond donors (Lipinski definition) is 1. The number of carbonyl (C=O) groups is 2. The first-order valence-electron chi connectivity index (χ1n) is 12.0. The number of ether oxygens (including phenoxy) is 2. The maximum Gasteiger partial charge on any atom is 0.294 e. The third-order valence-electron chi connectivity index (χ3n) is 5.80. The van der Waals surface area contributed by atoms with Crippen LogP contribution in [0.25, 0.3) is 6.08 Å². The molecule has 3 aromatic carbocycles. The standard InChI is InChI=1S/C29H29FN2O4/c1-3-4-16-35-24-14-12-22(13-15-24)20(2)31-28(33)19-32-25-10-5-6-11-26(25)36-27(29(32)34)18-21-8-7-9-23(30)17-21/h5-15,17-18,20H,3-4,16,19H2,1-2H3,(H,31,33). The van der Waals surface area contributed by atoms with E-state index in [1.165, 1.54) is 23.1 Å². The van der Waals surface area contributed by atoms with Gasteiger partial charge in [-0.15, -0.1) is 0 Å². The molecule has 1 atom stereocenters. The molecule has 36 heavy (non-hydrogen) atoms. The molecular weight excluding hydrogens is 459 g/mol. The van der Waals surface area contributed by atoms with E-state index in [9.17, 15) is 14.0 Å². The molecule has 0 fully saturated rings. The molecule has 1 aliphatic heterocycles. The van der Waals surface area contributed by atoms with Crippen molar-refractivity contribution < 1.29 is 23.5 Å². The van der Waals surface area contributed by atoms with Gasteiger partial charge in [0.05, 0.1) is 18.3 Å². The fourth-order valence-corrected chi connectivity index (χ4v) is 3.87. The Morgan fingerprint density at radius 2 is 1.89 bits per heavy atom. The molecule has 186 valence electrons. The van der Waals surface area contributed by atoms with E-state index in [4.69, 9.17) is 9.47 Å². The van der Waals surface area contributed by atoms with E-state index >= 15 is 0 Å². The second-order valence-electron chi connectivity index (χ2n) is 8.58. The zero-order chi connectivity index (χ0) is 25.5. The minimum absolute atomic E-state index is 0.0128. The van der Waals surface area contributed by atoms with E-state index < -0.39 is 11.7 Å². The molecule has 0 spiro atoms. The minimum Gasteiger partial charge on any atom is -0.494 e. The molecule has 0 saturated heterocycles. The lowest BCUT2D eigenvalue weighted by atomic mass is 10.1. The topological polar surface area (TPSA) is 67.9 Å². The number of halogens is 1. The van der Waals surface area contributed by atoms with Crippen LogP contribution in [0.2, 0.25) is 0 Å². The number of carbonyl (C=O) groups excluding carboxylic acids is 2. The van der Waals surface area contributed by atoms with E-state index in [1.807, 2.05) is 31.2 Å². The SMILES string of the molecule is CCCCOc1ccc(C(C)NC(=O)CN2C(=O)C(=Cc3cccc(F)c3)Oc3ccccc32)cc1. The van der Waals surface area contributed by atoms with Crippen LogP contribution in [-0.4, -0.2) is 25.0 Å². The molecule has 1 heterocycles. The van der Waals surface area contributed by atoms with Gasteiger partial charge >= 0.3 is 0 Å². The molecule has 1 N–H and O–H groups in total. The molecule has 2 amide bonds. The lowest BCUT2D eigenvalue weighted by Gasteiger charge is -2.30. The number of rotatable bonds is 9. The quantitative estimate of drug-likeness (QED) is 0.312. The van der Waals surface area contributed by atoms with Crippen LogP contribution >= 0.6 is 0 Å². The highest BCUT2D eigenvalue weighted by Crippen LogP contribution is 2.35. The smallest absolute Gasteiger partial charge is 0.294 e. The zero-order valence-corrected chi connectivity index (χ0v) is 20.4. The maximum absolute atomic E-state index is 13.6. The van der Waals surface area contributed by atoms with Crippen molar-refractivity contribution in [1.82, 2.24) is 5.32 Å². The molecule has 0 aliphatic carbocycles. The Hall–Kier alpha value is -4.13.